The van der Waals surface area contributed by atoms with Crippen LogP contribution in [0, 0.1) is 0 Å². The molecule has 1 heterocycles. The summed E-state index contributed by atoms with van der Waals surface area (Å²) in [7, 11) is 0. The van der Waals surface area contributed by atoms with Crippen molar-refractivity contribution in [2.45, 2.75) is 12.8 Å². The van der Waals surface area contributed by atoms with Gasteiger partial charge in [-0.1, -0.05) is 6.08 Å². The van der Waals surface area contributed by atoms with Crippen molar-refractivity contribution in [2.24, 2.45) is 0 Å². The summed E-state index contributed by atoms with van der Waals surface area (Å²) < 4.78 is 0. The summed E-state index contributed by atoms with van der Waals surface area (Å²) in [5.74, 6) is 0. The summed E-state index contributed by atoms with van der Waals surface area (Å²) in [6.07, 6.45) is 6.73. The van der Waals surface area contributed by atoms with Gasteiger partial charge >= 0.3 is 0 Å². The molecular weight excluding hydrogens is 196 g/mol. The highest BCUT2D eigenvalue weighted by Gasteiger charge is 1.84. The minimum Gasteiger partial charge on any atom is -0.412 e. The van der Waals surface area contributed by atoms with Gasteiger partial charge in [-0.3, -0.25) is 0 Å². The van der Waals surface area contributed by atoms with Crippen LogP contribution < -0.4 is 5.32 Å². The monoisotopic (exact) mass is 209 g/mol. The lowest BCUT2D eigenvalue weighted by Crippen LogP contribution is -2.09. The molecule has 1 rings (SSSR count). The van der Waals surface area contributed by atoms with Crippen LogP contribution in [0.2, 0.25) is 0 Å². The predicted molar refractivity (Wildman–Crippen MR) is 51.7 cm³/mol. The SMILES string of the molecule is C1=CNCCC1.Cl.Cl.Cl.O. The summed E-state index contributed by atoms with van der Waals surface area (Å²) in [6.45, 7) is 1.16. The van der Waals surface area contributed by atoms with E-state index in [0.717, 1.165) is 6.54 Å². The van der Waals surface area contributed by atoms with Crippen molar-refractivity contribution in [1.82, 2.24) is 5.32 Å². The van der Waals surface area contributed by atoms with E-state index in [1.807, 2.05) is 6.20 Å². The molecule has 10 heavy (non-hydrogen) atoms. The Kier molecular flexibility index (Phi) is 36.3. The molecule has 0 fully saturated rings. The van der Waals surface area contributed by atoms with Gasteiger partial charge in [0.25, 0.3) is 0 Å². The Labute approximate surface area is 80.0 Å². The second kappa shape index (κ2) is 16.2. The van der Waals surface area contributed by atoms with Gasteiger partial charge in [0, 0.05) is 6.54 Å². The van der Waals surface area contributed by atoms with Crippen LogP contribution in [-0.4, -0.2) is 12.0 Å². The number of halogens is 3. The molecule has 3 N–H and O–H groups in total. The second-order valence-electron chi connectivity index (χ2n) is 1.50. The molecule has 0 amide bonds. The number of rotatable bonds is 0. The highest BCUT2D eigenvalue weighted by atomic mass is 35.5. The number of hydrogen-bond acceptors (Lipinski definition) is 1. The Morgan fingerprint density at radius 2 is 1.70 bits per heavy atom. The third kappa shape index (κ3) is 11.2. The Hall–Kier alpha value is 0.370. The van der Waals surface area contributed by atoms with Gasteiger partial charge in [-0.25, -0.2) is 0 Å². The van der Waals surface area contributed by atoms with Crippen molar-refractivity contribution in [3.05, 3.63) is 12.3 Å². The molecule has 1 aliphatic heterocycles. The van der Waals surface area contributed by atoms with Crippen LogP contribution in [0.3, 0.4) is 0 Å². The maximum Gasteiger partial charge on any atom is 0.0144 e. The number of hydrogen-bond donors (Lipinski definition) is 1. The topological polar surface area (TPSA) is 43.5 Å². The van der Waals surface area contributed by atoms with E-state index < -0.39 is 0 Å². The lowest BCUT2D eigenvalue weighted by Gasteiger charge is -2.02. The zero-order valence-corrected chi connectivity index (χ0v) is 7.95. The molecule has 66 valence electrons. The molecule has 1 aliphatic rings. The fourth-order valence-corrected chi connectivity index (χ4v) is 0.572. The smallest absolute Gasteiger partial charge is 0.0144 e. The van der Waals surface area contributed by atoms with Crippen molar-refractivity contribution < 1.29 is 5.48 Å². The Morgan fingerprint density at radius 3 is 1.80 bits per heavy atom. The lowest BCUT2D eigenvalue weighted by molar-refractivity contribution is 0.728. The molecule has 0 spiro atoms. The quantitative estimate of drug-likeness (QED) is 0.644. The van der Waals surface area contributed by atoms with Gasteiger partial charge in [-0.05, 0) is 19.0 Å². The Bertz CT molecular complexity index is 61.9. The molecule has 5 heteroatoms. The van der Waals surface area contributed by atoms with Gasteiger partial charge in [0.1, 0.15) is 0 Å². The fourth-order valence-electron chi connectivity index (χ4n) is 0.572. The van der Waals surface area contributed by atoms with E-state index in [1.165, 1.54) is 12.8 Å². The molecule has 0 saturated heterocycles. The van der Waals surface area contributed by atoms with Gasteiger partial charge < -0.3 is 10.8 Å². The molecule has 0 radical (unpaired) electrons. The largest absolute Gasteiger partial charge is 0.412 e. The molecule has 2 nitrogen and oxygen atoms in total. The average Bonchev–Trinajstić information content (AvgIpc) is 1.72. The second-order valence-corrected chi connectivity index (χ2v) is 1.50. The minimum atomic E-state index is 0. The van der Waals surface area contributed by atoms with Crippen LogP contribution in [0.15, 0.2) is 12.3 Å². The van der Waals surface area contributed by atoms with E-state index in [1.54, 1.807) is 0 Å². The maximum atomic E-state index is 3.10. The standard InChI is InChI=1S/C5H9N.3ClH.H2O/c1-2-4-6-5-3-1;;;;/h2,4,6H,1,3,5H2;3*1H;1H2. The summed E-state index contributed by atoms with van der Waals surface area (Å²) >= 11 is 0. The third-order valence-electron chi connectivity index (χ3n) is 0.928. The highest BCUT2D eigenvalue weighted by Crippen LogP contribution is 1.91. The summed E-state index contributed by atoms with van der Waals surface area (Å²) in [5, 5.41) is 3.10. The first kappa shape index (κ1) is 22.4. The molecule has 0 aromatic rings. The van der Waals surface area contributed by atoms with E-state index >= 15 is 0 Å². The first-order valence-corrected chi connectivity index (χ1v) is 2.38. The van der Waals surface area contributed by atoms with Gasteiger partial charge in [-0.2, -0.15) is 0 Å². The first-order valence-electron chi connectivity index (χ1n) is 2.38. The third-order valence-corrected chi connectivity index (χ3v) is 0.928. The summed E-state index contributed by atoms with van der Waals surface area (Å²) in [5.41, 5.74) is 0. The van der Waals surface area contributed by atoms with Crippen LogP contribution in [0.4, 0.5) is 0 Å². The van der Waals surface area contributed by atoms with Gasteiger partial charge in [0.15, 0.2) is 0 Å². The van der Waals surface area contributed by atoms with Gasteiger partial charge in [0.05, 0.1) is 0 Å². The molecule has 0 aromatic heterocycles. The molecule has 0 bridgehead atoms. The summed E-state index contributed by atoms with van der Waals surface area (Å²) in [6, 6.07) is 0. The summed E-state index contributed by atoms with van der Waals surface area (Å²) in [4.78, 5) is 0. The molecule has 0 saturated carbocycles. The van der Waals surface area contributed by atoms with Crippen LogP contribution in [0.1, 0.15) is 12.8 Å². The molecule has 0 atom stereocenters. The van der Waals surface area contributed by atoms with Gasteiger partial charge in [-0.15, -0.1) is 37.2 Å². The molecular formula is C5H14Cl3NO. The van der Waals surface area contributed by atoms with Crippen LogP contribution in [-0.2, 0) is 0 Å². The van der Waals surface area contributed by atoms with Crippen molar-refractivity contribution in [3.8, 4) is 0 Å². The predicted octanol–water partition coefficient (Wildman–Crippen LogP) is 1.32. The van der Waals surface area contributed by atoms with Crippen molar-refractivity contribution in [2.75, 3.05) is 6.54 Å². The van der Waals surface area contributed by atoms with Crippen LogP contribution in [0.25, 0.3) is 0 Å². The average molecular weight is 211 g/mol. The van der Waals surface area contributed by atoms with Crippen molar-refractivity contribution in [3.63, 3.8) is 0 Å². The zero-order chi connectivity index (χ0) is 4.24. The first-order chi connectivity index (χ1) is 3.00. The molecule has 0 aliphatic carbocycles. The van der Waals surface area contributed by atoms with E-state index in [9.17, 15) is 0 Å². The Morgan fingerprint density at radius 1 is 1.10 bits per heavy atom. The van der Waals surface area contributed by atoms with E-state index in [-0.39, 0.29) is 42.7 Å². The fraction of sp³-hybridized carbons (Fsp3) is 0.600. The van der Waals surface area contributed by atoms with E-state index in [0.29, 0.717) is 0 Å². The minimum absolute atomic E-state index is 0. The van der Waals surface area contributed by atoms with Crippen molar-refractivity contribution in [1.29, 1.82) is 0 Å². The maximum absolute atomic E-state index is 3.10. The normalized spacial score (nSPS) is 12.0. The van der Waals surface area contributed by atoms with E-state index in [4.69, 9.17) is 0 Å². The molecule has 0 unspecified atom stereocenters. The molecule has 0 aromatic carbocycles. The van der Waals surface area contributed by atoms with Crippen LogP contribution >= 0.6 is 37.2 Å². The highest BCUT2D eigenvalue weighted by molar-refractivity contribution is 5.86. The van der Waals surface area contributed by atoms with Crippen molar-refractivity contribution >= 4 is 37.2 Å². The number of nitrogens with one attached hydrogen (secondary N) is 1. The van der Waals surface area contributed by atoms with E-state index in [2.05, 4.69) is 11.4 Å². The lowest BCUT2D eigenvalue weighted by atomic mass is 10.2. The van der Waals surface area contributed by atoms with Gasteiger partial charge in [0.2, 0.25) is 0 Å². The van der Waals surface area contributed by atoms with Crippen LogP contribution in [0.5, 0.6) is 0 Å². The Balaban J connectivity index is -0.0000000450. The number of allylic oxidation sites excluding steroid dienone is 1. The zero-order valence-electron chi connectivity index (χ0n) is 5.50.